The van der Waals surface area contributed by atoms with Crippen molar-refractivity contribution in [3.63, 3.8) is 0 Å². The van der Waals surface area contributed by atoms with Crippen LogP contribution in [0.4, 0.5) is 0 Å². The highest BCUT2D eigenvalue weighted by atomic mass is 31.2. The number of hydrogen-bond acceptors (Lipinski definition) is 24. The Labute approximate surface area is 705 Å². The number of ether oxygens (including phenoxy) is 8. The minimum Gasteiger partial charge on any atom is -0.463 e. The summed E-state index contributed by atoms with van der Waals surface area (Å²) in [5.41, 5.74) is 0. The molecule has 3 rings (SSSR count). The topological polar surface area (TPSA) is 380 Å². The number of phosphoric ester groups is 1. The first-order chi connectivity index (χ1) is 56.7. The number of carbonyl (C=O) groups excluding carboxylic acids is 4. The molecule has 0 aromatic carbocycles. The molecule has 18 atom stereocenters. The summed E-state index contributed by atoms with van der Waals surface area (Å²) in [6.07, 6.45) is 29.2. The zero-order valence-electron chi connectivity index (χ0n) is 73.3. The van der Waals surface area contributed by atoms with Gasteiger partial charge in [-0.25, -0.2) is 4.57 Å². The van der Waals surface area contributed by atoms with Gasteiger partial charge in [-0.05, 0) is 51.4 Å². The first-order valence-electron chi connectivity index (χ1n) is 47.4. The van der Waals surface area contributed by atoms with E-state index in [9.17, 15) is 74.6 Å². The third kappa shape index (κ3) is 50.7. The van der Waals surface area contributed by atoms with E-state index in [1.165, 1.54) is 199 Å². The van der Waals surface area contributed by atoms with Crippen molar-refractivity contribution in [1.82, 2.24) is 0 Å². The third-order valence-corrected chi connectivity index (χ3v) is 24.3. The van der Waals surface area contributed by atoms with Gasteiger partial charge in [-0.15, -0.1) is 0 Å². The van der Waals surface area contributed by atoms with E-state index in [4.69, 9.17) is 46.9 Å². The predicted molar refractivity (Wildman–Crippen MR) is 453 cm³/mol. The molecule has 0 bridgehead atoms. The van der Waals surface area contributed by atoms with Gasteiger partial charge in [-0.3, -0.25) is 28.2 Å². The Hall–Kier alpha value is -2.79. The molecule has 0 spiro atoms. The zero-order valence-corrected chi connectivity index (χ0v) is 74.2. The molecule has 0 aromatic rings. The Bertz CT molecular complexity index is 2480. The van der Waals surface area contributed by atoms with Gasteiger partial charge in [-0.1, -0.05) is 348 Å². The van der Waals surface area contributed by atoms with E-state index in [1.54, 1.807) is 0 Å². The number of hydrogen-bond donors (Lipinski definition) is 10. The van der Waals surface area contributed by atoms with Crippen LogP contribution in [0.3, 0.4) is 0 Å². The number of aliphatic hydroxyl groups is 9. The second-order valence-corrected chi connectivity index (χ2v) is 35.3. The number of aliphatic hydroxyl groups excluding tert-OH is 9. The van der Waals surface area contributed by atoms with Gasteiger partial charge in [-0.2, -0.15) is 0 Å². The lowest BCUT2D eigenvalue weighted by atomic mass is 9.84. The summed E-state index contributed by atoms with van der Waals surface area (Å²) in [5.74, 6) is -2.97. The number of rotatable bonds is 77. The van der Waals surface area contributed by atoms with Crippen molar-refractivity contribution in [3.05, 3.63) is 12.2 Å². The summed E-state index contributed by atoms with van der Waals surface area (Å²) < 4.78 is 73.4. The fraction of sp³-hybridized carbons (Fsp3) is 0.934. The number of carbonyl (C=O) groups is 4. The van der Waals surface area contributed by atoms with E-state index in [-0.39, 0.29) is 32.1 Å². The molecule has 3 aliphatic rings. The molecule has 10 N–H and O–H groups in total. The normalized spacial score (nSPS) is 25.0. The maximum atomic E-state index is 14.9. The van der Waals surface area contributed by atoms with Gasteiger partial charge in [0.25, 0.3) is 0 Å². The lowest BCUT2D eigenvalue weighted by Crippen LogP contribution is -2.70. The summed E-state index contributed by atoms with van der Waals surface area (Å²) in [5, 5.41) is 102. The molecule has 2 saturated heterocycles. The summed E-state index contributed by atoms with van der Waals surface area (Å²) >= 11 is 0. The van der Waals surface area contributed by atoms with Crippen LogP contribution in [0.2, 0.25) is 0 Å². The van der Waals surface area contributed by atoms with Crippen molar-refractivity contribution in [1.29, 1.82) is 0 Å². The molecule has 18 unspecified atom stereocenters. The second kappa shape index (κ2) is 70.5. The van der Waals surface area contributed by atoms with Crippen LogP contribution in [0.25, 0.3) is 0 Å². The summed E-state index contributed by atoms with van der Waals surface area (Å²) in [6.45, 7) is 5.61. The molecule has 2 aliphatic heterocycles. The monoisotopic (exact) mass is 1690 g/mol. The van der Waals surface area contributed by atoms with Gasteiger partial charge in [0.05, 0.1) is 13.2 Å². The SMILES string of the molecule is CCCCCCCC/C=C\CCCCCC(=O)OC1C(O)C(O)C(OC2OC(CO)C(O)C(O)C2O)C(OP(=O)(O)OCC(COC(=O)CCCCCCCCCCCCCCCCCC)OC(=O)CCCCCCCCCCCCCCCCCC)C1OC1OC(COC(=O)CCCCCCCCCCCCCCC)C(O)C(O)C1O. The zero-order chi connectivity index (χ0) is 85.4. The average molecular weight is 1690 g/mol. The fourth-order valence-corrected chi connectivity index (χ4v) is 16.7. The molecule has 0 radical (unpaired) electrons. The molecule has 25 nitrogen and oxygen atoms in total. The standard InChI is InChI=1S/C91H169O25P/c1-5-9-13-17-21-25-29-33-35-37-41-44-47-51-55-59-63-74(93)107-68-71(110-76(95)65-61-57-53-49-46-42-38-36-34-30-26-22-18-14-10-6-2)69-109-117(105,106)116-89-87(114-90-84(103)80(99)78(97)72(67-92)111-90)83(102)82(101)86(113-77(96)66-62-58-54-50-45-40-32-28-24-20-16-12-8-4)88(89)115-91-85(104)81(100)79(98)73(112-91)70-108-75(94)64-60-56-52-48-43-39-31-27-23-19-15-11-7-3/h40,45,71-73,78-92,97-104H,5-39,41-44,46-70H2,1-4H3,(H,105,106)/b45-40-. The highest BCUT2D eigenvalue weighted by molar-refractivity contribution is 7.47. The van der Waals surface area contributed by atoms with Crippen molar-refractivity contribution in [2.45, 2.75) is 517 Å². The Balaban J connectivity index is 1.91. The fourth-order valence-electron chi connectivity index (χ4n) is 15.7. The van der Waals surface area contributed by atoms with Crippen LogP contribution in [0.15, 0.2) is 12.2 Å². The molecule has 1 aliphatic carbocycles. The van der Waals surface area contributed by atoms with E-state index in [0.717, 1.165) is 122 Å². The Morgan fingerprint density at radius 2 is 0.641 bits per heavy atom. The summed E-state index contributed by atoms with van der Waals surface area (Å²) in [7, 11) is -5.81. The smallest absolute Gasteiger partial charge is 0.463 e. The van der Waals surface area contributed by atoms with Crippen LogP contribution in [-0.2, 0) is 70.7 Å². The predicted octanol–water partition coefficient (Wildman–Crippen LogP) is 17.6. The quantitative estimate of drug-likeness (QED) is 0.00889. The van der Waals surface area contributed by atoms with Crippen LogP contribution in [0.1, 0.15) is 413 Å². The lowest BCUT2D eigenvalue weighted by Gasteiger charge is -2.50. The van der Waals surface area contributed by atoms with Gasteiger partial charge in [0, 0.05) is 25.7 Å². The Kier molecular flexibility index (Phi) is 65.3. The van der Waals surface area contributed by atoms with Gasteiger partial charge in [0.1, 0.15) is 92.6 Å². The van der Waals surface area contributed by atoms with E-state index >= 15 is 0 Å². The first kappa shape index (κ1) is 108. The highest BCUT2D eigenvalue weighted by Crippen LogP contribution is 2.49. The largest absolute Gasteiger partial charge is 0.472 e. The van der Waals surface area contributed by atoms with E-state index in [2.05, 4.69) is 39.8 Å². The molecule has 2 heterocycles. The molecule has 26 heteroatoms. The molecule has 0 amide bonds. The van der Waals surface area contributed by atoms with Gasteiger partial charge >= 0.3 is 31.7 Å². The first-order valence-corrected chi connectivity index (χ1v) is 48.9. The number of esters is 4. The molecule has 3 fully saturated rings. The van der Waals surface area contributed by atoms with E-state index in [1.807, 2.05) is 0 Å². The Morgan fingerprint density at radius 1 is 0.333 bits per heavy atom. The van der Waals surface area contributed by atoms with E-state index in [0.29, 0.717) is 32.1 Å². The van der Waals surface area contributed by atoms with E-state index < -0.39 is 162 Å². The number of unbranched alkanes of at least 4 members (excludes halogenated alkanes) is 51. The van der Waals surface area contributed by atoms with Gasteiger partial charge < -0.3 is 88.7 Å². The second-order valence-electron chi connectivity index (χ2n) is 33.9. The van der Waals surface area contributed by atoms with Crippen LogP contribution in [0, 0.1) is 0 Å². The molecular formula is C91H169O25P. The van der Waals surface area contributed by atoms with Crippen molar-refractivity contribution in [2.75, 3.05) is 26.4 Å². The van der Waals surface area contributed by atoms with Crippen molar-refractivity contribution in [2.24, 2.45) is 0 Å². The molecule has 1 saturated carbocycles. The molecule has 688 valence electrons. The van der Waals surface area contributed by atoms with Crippen molar-refractivity contribution >= 4 is 31.7 Å². The van der Waals surface area contributed by atoms with Crippen molar-refractivity contribution in [3.8, 4) is 0 Å². The van der Waals surface area contributed by atoms with Crippen LogP contribution >= 0.6 is 7.82 Å². The molecular weight excluding hydrogens is 1520 g/mol. The molecule has 0 aromatic heterocycles. The lowest BCUT2D eigenvalue weighted by molar-refractivity contribution is -0.360. The third-order valence-electron chi connectivity index (χ3n) is 23.3. The van der Waals surface area contributed by atoms with Crippen LogP contribution in [-0.4, -0.2) is 205 Å². The maximum absolute atomic E-state index is 14.9. The number of allylic oxidation sites excluding steroid dienone is 2. The minimum atomic E-state index is -5.81. The minimum absolute atomic E-state index is 0.0169. The maximum Gasteiger partial charge on any atom is 0.472 e. The van der Waals surface area contributed by atoms with Crippen molar-refractivity contribution < 1.29 is 122 Å². The Morgan fingerprint density at radius 3 is 1.03 bits per heavy atom. The summed E-state index contributed by atoms with van der Waals surface area (Å²) in [4.78, 5) is 66.4. The molecule has 117 heavy (non-hydrogen) atoms. The van der Waals surface area contributed by atoms with Gasteiger partial charge in [0.2, 0.25) is 0 Å². The number of phosphoric acid groups is 1. The van der Waals surface area contributed by atoms with Crippen LogP contribution < -0.4 is 0 Å². The van der Waals surface area contributed by atoms with Crippen LogP contribution in [0.5, 0.6) is 0 Å². The highest BCUT2D eigenvalue weighted by Gasteiger charge is 2.60. The average Bonchev–Trinajstić information content (AvgIpc) is 0.754. The van der Waals surface area contributed by atoms with Gasteiger partial charge in [0.15, 0.2) is 24.8 Å². The summed E-state index contributed by atoms with van der Waals surface area (Å²) in [6, 6.07) is 0.